The highest BCUT2D eigenvalue weighted by atomic mass is 35.5. The van der Waals surface area contributed by atoms with E-state index in [-0.39, 0.29) is 11.6 Å². The Balaban J connectivity index is 1.30. The number of hydrogen-bond donors (Lipinski definition) is 0. The predicted molar refractivity (Wildman–Crippen MR) is 115 cm³/mol. The molecule has 1 aliphatic heterocycles. The topological polar surface area (TPSA) is 32.8 Å². The summed E-state index contributed by atoms with van der Waals surface area (Å²) in [5.74, 6) is 0.513. The molecule has 1 saturated heterocycles. The summed E-state index contributed by atoms with van der Waals surface area (Å²) in [5.41, 5.74) is 1.72. The number of halogens is 2. The number of hydrogen-bond acceptors (Lipinski definition) is 4. The van der Waals surface area contributed by atoms with Gasteiger partial charge in [0.15, 0.2) is 5.78 Å². The number of carbonyl (C=O) groups excluding carboxylic acids is 1. The second-order valence-corrected chi connectivity index (χ2v) is 7.91. The molecule has 1 aliphatic rings. The number of ketones is 1. The van der Waals surface area contributed by atoms with Gasteiger partial charge in [-0.2, -0.15) is 0 Å². The molecule has 0 saturated carbocycles. The first-order chi connectivity index (χ1) is 14.0. The maximum atomic E-state index is 12.9. The molecule has 0 atom stereocenters. The summed E-state index contributed by atoms with van der Waals surface area (Å²) in [6.07, 6.45) is 1.32. The van der Waals surface area contributed by atoms with Gasteiger partial charge in [-0.25, -0.2) is 4.39 Å². The van der Waals surface area contributed by atoms with Crippen LogP contribution in [0.3, 0.4) is 0 Å². The first kappa shape index (κ1) is 21.8. The third kappa shape index (κ3) is 6.81. The predicted octanol–water partition coefficient (Wildman–Crippen LogP) is 4.45. The van der Waals surface area contributed by atoms with Gasteiger partial charge in [-0.05, 0) is 61.9 Å². The molecule has 0 N–H and O–H groups in total. The van der Waals surface area contributed by atoms with Crippen LogP contribution in [0.15, 0.2) is 42.5 Å². The number of ether oxygens (including phenoxy) is 1. The molecule has 1 heterocycles. The number of rotatable bonds is 9. The molecule has 6 heteroatoms. The van der Waals surface area contributed by atoms with Crippen molar-refractivity contribution in [2.24, 2.45) is 0 Å². The van der Waals surface area contributed by atoms with Crippen LogP contribution >= 0.6 is 11.6 Å². The Morgan fingerprint density at radius 2 is 1.69 bits per heavy atom. The third-order valence-corrected chi connectivity index (χ3v) is 5.57. The van der Waals surface area contributed by atoms with Crippen LogP contribution < -0.4 is 4.74 Å². The van der Waals surface area contributed by atoms with Crippen LogP contribution in [-0.4, -0.2) is 61.5 Å². The minimum atomic E-state index is -0.313. The van der Waals surface area contributed by atoms with Gasteiger partial charge in [0.05, 0.1) is 5.02 Å². The summed E-state index contributed by atoms with van der Waals surface area (Å²) in [6, 6.07) is 11.6. The van der Waals surface area contributed by atoms with Gasteiger partial charge in [-0.15, -0.1) is 0 Å². The van der Waals surface area contributed by atoms with Gasteiger partial charge in [0, 0.05) is 44.7 Å². The lowest BCUT2D eigenvalue weighted by atomic mass is 10.1. The number of carbonyl (C=O) groups is 1. The lowest BCUT2D eigenvalue weighted by Gasteiger charge is -2.34. The number of benzene rings is 2. The number of piperazine rings is 1. The zero-order valence-electron chi connectivity index (χ0n) is 16.9. The minimum Gasteiger partial charge on any atom is -0.491 e. The van der Waals surface area contributed by atoms with Gasteiger partial charge >= 0.3 is 0 Å². The fourth-order valence-corrected chi connectivity index (χ4v) is 3.66. The zero-order valence-corrected chi connectivity index (χ0v) is 17.6. The van der Waals surface area contributed by atoms with Crippen molar-refractivity contribution >= 4 is 17.4 Å². The van der Waals surface area contributed by atoms with Gasteiger partial charge in [0.1, 0.15) is 18.2 Å². The molecule has 0 spiro atoms. The molecule has 4 nitrogen and oxygen atoms in total. The van der Waals surface area contributed by atoms with E-state index in [0.29, 0.717) is 23.6 Å². The number of Topliss-reactive ketones (excluding diaryl/α,β-unsaturated/α-hetero) is 1. The SMILES string of the molecule is Cc1ccc(Cl)c(OCCN2CCN(CCCC(=O)c3ccc(F)cc3)CC2)c1. The Morgan fingerprint density at radius 1 is 1.03 bits per heavy atom. The Morgan fingerprint density at radius 3 is 2.38 bits per heavy atom. The second-order valence-electron chi connectivity index (χ2n) is 7.50. The Bertz CT molecular complexity index is 805. The van der Waals surface area contributed by atoms with Crippen LogP contribution in [0.25, 0.3) is 0 Å². The van der Waals surface area contributed by atoms with Crippen molar-refractivity contribution in [3.05, 3.63) is 64.4 Å². The molecule has 156 valence electrons. The fraction of sp³-hybridized carbons (Fsp3) is 0.435. The van der Waals surface area contributed by atoms with Crippen LogP contribution in [-0.2, 0) is 0 Å². The van der Waals surface area contributed by atoms with E-state index in [9.17, 15) is 9.18 Å². The van der Waals surface area contributed by atoms with Crippen molar-refractivity contribution in [3.63, 3.8) is 0 Å². The van der Waals surface area contributed by atoms with E-state index in [1.165, 1.54) is 12.1 Å². The van der Waals surface area contributed by atoms with Crippen LogP contribution in [0.5, 0.6) is 5.75 Å². The van der Waals surface area contributed by atoms with Crippen LogP contribution in [0, 0.1) is 12.7 Å². The van der Waals surface area contributed by atoms with E-state index in [2.05, 4.69) is 9.80 Å². The first-order valence-corrected chi connectivity index (χ1v) is 10.5. The molecule has 3 rings (SSSR count). The molecule has 2 aromatic carbocycles. The second kappa shape index (κ2) is 10.7. The summed E-state index contributed by atoms with van der Waals surface area (Å²) in [6.45, 7) is 8.42. The molecular weight excluding hydrogens is 391 g/mol. The summed E-state index contributed by atoms with van der Waals surface area (Å²) in [5, 5.41) is 0.649. The molecule has 29 heavy (non-hydrogen) atoms. The highest BCUT2D eigenvalue weighted by Gasteiger charge is 2.17. The lowest BCUT2D eigenvalue weighted by Crippen LogP contribution is -2.47. The van der Waals surface area contributed by atoms with Crippen molar-refractivity contribution in [1.82, 2.24) is 9.80 Å². The van der Waals surface area contributed by atoms with E-state index < -0.39 is 0 Å². The molecule has 0 unspecified atom stereocenters. The minimum absolute atomic E-state index is 0.0793. The monoisotopic (exact) mass is 418 g/mol. The molecule has 0 amide bonds. The van der Waals surface area contributed by atoms with Crippen molar-refractivity contribution in [1.29, 1.82) is 0 Å². The van der Waals surface area contributed by atoms with Crippen molar-refractivity contribution in [2.45, 2.75) is 19.8 Å². The molecular formula is C23H28ClFN2O2. The van der Waals surface area contributed by atoms with Crippen LogP contribution in [0.1, 0.15) is 28.8 Å². The van der Waals surface area contributed by atoms with Gasteiger partial charge < -0.3 is 9.64 Å². The Kier molecular flexibility index (Phi) is 8.04. The van der Waals surface area contributed by atoms with Crippen molar-refractivity contribution < 1.29 is 13.9 Å². The van der Waals surface area contributed by atoms with Crippen LogP contribution in [0.2, 0.25) is 5.02 Å². The highest BCUT2D eigenvalue weighted by molar-refractivity contribution is 6.32. The zero-order chi connectivity index (χ0) is 20.6. The third-order valence-electron chi connectivity index (χ3n) is 5.26. The normalized spacial score (nSPS) is 15.4. The van der Waals surface area contributed by atoms with Crippen molar-refractivity contribution in [2.75, 3.05) is 45.9 Å². The maximum absolute atomic E-state index is 12.9. The van der Waals surface area contributed by atoms with Crippen molar-refractivity contribution in [3.8, 4) is 5.75 Å². The Hall–Kier alpha value is -1.95. The quantitative estimate of drug-likeness (QED) is 0.563. The molecule has 0 aliphatic carbocycles. The number of aryl methyl sites for hydroxylation is 1. The smallest absolute Gasteiger partial charge is 0.162 e. The first-order valence-electron chi connectivity index (χ1n) is 10.1. The molecule has 1 fully saturated rings. The summed E-state index contributed by atoms with van der Waals surface area (Å²) in [4.78, 5) is 16.9. The van der Waals surface area contributed by atoms with E-state index in [0.717, 1.165) is 57.0 Å². The highest BCUT2D eigenvalue weighted by Crippen LogP contribution is 2.25. The maximum Gasteiger partial charge on any atom is 0.162 e. The van der Waals surface area contributed by atoms with Gasteiger partial charge in [-0.1, -0.05) is 17.7 Å². The largest absolute Gasteiger partial charge is 0.491 e. The summed E-state index contributed by atoms with van der Waals surface area (Å²) < 4.78 is 18.8. The molecule has 0 radical (unpaired) electrons. The Labute approximate surface area is 177 Å². The summed E-state index contributed by atoms with van der Waals surface area (Å²) >= 11 is 6.17. The molecule has 0 aromatic heterocycles. The van der Waals surface area contributed by atoms with E-state index in [1.807, 2.05) is 25.1 Å². The van der Waals surface area contributed by atoms with E-state index in [4.69, 9.17) is 16.3 Å². The van der Waals surface area contributed by atoms with E-state index >= 15 is 0 Å². The van der Waals surface area contributed by atoms with Gasteiger partial charge in [0.2, 0.25) is 0 Å². The van der Waals surface area contributed by atoms with Gasteiger partial charge in [0.25, 0.3) is 0 Å². The average Bonchev–Trinajstić information content (AvgIpc) is 2.72. The fourth-order valence-electron chi connectivity index (χ4n) is 3.49. The van der Waals surface area contributed by atoms with Gasteiger partial charge in [-0.3, -0.25) is 9.69 Å². The molecule has 2 aromatic rings. The standard InChI is InChI=1S/C23H28ClFN2O2/c1-18-4-9-21(24)23(17-18)29-16-15-27-13-11-26(12-14-27)10-2-3-22(28)19-5-7-20(25)8-6-19/h4-9,17H,2-3,10-16H2,1H3. The molecule has 0 bridgehead atoms. The van der Waals surface area contributed by atoms with E-state index in [1.54, 1.807) is 12.1 Å². The summed E-state index contributed by atoms with van der Waals surface area (Å²) in [7, 11) is 0. The lowest BCUT2D eigenvalue weighted by molar-refractivity contribution is 0.0953. The number of nitrogens with zero attached hydrogens (tertiary/aromatic N) is 2. The van der Waals surface area contributed by atoms with Crippen LogP contribution in [0.4, 0.5) is 4.39 Å². The average molecular weight is 419 g/mol.